The Labute approximate surface area is 149 Å². The Morgan fingerprint density at radius 3 is 2.56 bits per heavy atom. The molecule has 0 atom stereocenters. The topological polar surface area (TPSA) is 65.4 Å². The number of carbonyl (C=O) groups is 1. The second-order valence-electron chi connectivity index (χ2n) is 7.08. The summed E-state index contributed by atoms with van der Waals surface area (Å²) in [4.78, 5) is 12.7. The number of nitrogens with zero attached hydrogens (tertiary/aromatic N) is 2. The van der Waals surface area contributed by atoms with Crippen molar-refractivity contribution in [3.05, 3.63) is 41.2 Å². The molecule has 0 aliphatic rings. The van der Waals surface area contributed by atoms with Gasteiger partial charge in [-0.1, -0.05) is 26.8 Å². The Kier molecular flexibility index (Phi) is 5.85. The third kappa shape index (κ3) is 4.82. The second kappa shape index (κ2) is 7.70. The van der Waals surface area contributed by atoms with Gasteiger partial charge < -0.3 is 14.8 Å². The summed E-state index contributed by atoms with van der Waals surface area (Å²) >= 11 is 0. The van der Waals surface area contributed by atoms with E-state index in [2.05, 4.69) is 31.2 Å². The summed E-state index contributed by atoms with van der Waals surface area (Å²) in [6.07, 6.45) is 0. The lowest BCUT2D eigenvalue weighted by Crippen LogP contribution is -2.17. The Balaban J connectivity index is 2.22. The number of hydrogen-bond donors (Lipinski definition) is 1. The molecule has 2 rings (SSSR count). The molecule has 0 fully saturated rings. The molecule has 2 aromatic rings. The molecule has 0 aliphatic heterocycles. The summed E-state index contributed by atoms with van der Waals surface area (Å²) in [7, 11) is 3.40. The van der Waals surface area contributed by atoms with Crippen LogP contribution in [0.1, 0.15) is 42.5 Å². The quantitative estimate of drug-likeness (QED) is 0.816. The van der Waals surface area contributed by atoms with Crippen LogP contribution in [-0.2, 0) is 17.2 Å². The van der Waals surface area contributed by atoms with E-state index in [1.54, 1.807) is 18.8 Å². The number of nitrogens with one attached hydrogen (secondary N) is 1. The molecule has 1 aromatic heterocycles. The smallest absolute Gasteiger partial charge is 0.274 e. The van der Waals surface area contributed by atoms with Gasteiger partial charge in [0.25, 0.3) is 5.91 Å². The summed E-state index contributed by atoms with van der Waals surface area (Å²) in [6.45, 7) is 9.09. The van der Waals surface area contributed by atoms with Crippen LogP contribution >= 0.6 is 0 Å². The predicted molar refractivity (Wildman–Crippen MR) is 98.4 cm³/mol. The van der Waals surface area contributed by atoms with Crippen molar-refractivity contribution in [2.75, 3.05) is 25.6 Å². The minimum Gasteiger partial charge on any atom is -0.489 e. The normalized spacial score (nSPS) is 11.4. The third-order valence-electron chi connectivity index (χ3n) is 3.81. The summed E-state index contributed by atoms with van der Waals surface area (Å²) in [6, 6.07) is 7.50. The summed E-state index contributed by atoms with van der Waals surface area (Å²) in [5, 5.41) is 7.37. The van der Waals surface area contributed by atoms with E-state index >= 15 is 0 Å². The van der Waals surface area contributed by atoms with E-state index < -0.39 is 0 Å². The highest BCUT2D eigenvalue weighted by molar-refractivity contribution is 6.04. The third-order valence-corrected chi connectivity index (χ3v) is 3.81. The van der Waals surface area contributed by atoms with Crippen LogP contribution < -0.4 is 10.1 Å². The van der Waals surface area contributed by atoms with Crippen LogP contribution in [0.2, 0.25) is 0 Å². The lowest BCUT2D eigenvalue weighted by Gasteiger charge is -2.14. The number of benzene rings is 1. The van der Waals surface area contributed by atoms with Gasteiger partial charge in [-0.25, -0.2) is 0 Å². The summed E-state index contributed by atoms with van der Waals surface area (Å²) < 4.78 is 12.3. The molecule has 0 saturated heterocycles. The van der Waals surface area contributed by atoms with Crippen molar-refractivity contribution in [3.63, 3.8) is 0 Å². The molecule has 0 saturated carbocycles. The largest absolute Gasteiger partial charge is 0.489 e. The fourth-order valence-electron chi connectivity index (χ4n) is 2.32. The van der Waals surface area contributed by atoms with Crippen molar-refractivity contribution >= 4 is 11.6 Å². The molecule has 0 unspecified atom stereocenters. The van der Waals surface area contributed by atoms with Crippen molar-refractivity contribution in [1.82, 2.24) is 9.78 Å². The van der Waals surface area contributed by atoms with Gasteiger partial charge in [0.2, 0.25) is 0 Å². The monoisotopic (exact) mass is 345 g/mol. The molecular formula is C19H27N3O3. The average molecular weight is 345 g/mol. The van der Waals surface area contributed by atoms with Crippen molar-refractivity contribution in [3.8, 4) is 5.75 Å². The first-order valence-electron chi connectivity index (χ1n) is 8.30. The second-order valence-corrected chi connectivity index (χ2v) is 7.08. The molecule has 6 heteroatoms. The van der Waals surface area contributed by atoms with E-state index in [0.29, 0.717) is 30.3 Å². The van der Waals surface area contributed by atoms with Crippen molar-refractivity contribution < 1.29 is 14.3 Å². The van der Waals surface area contributed by atoms with Gasteiger partial charge in [0.1, 0.15) is 18.1 Å². The molecule has 1 N–H and O–H groups in total. The minimum atomic E-state index is -0.217. The molecule has 0 spiro atoms. The van der Waals surface area contributed by atoms with Crippen LogP contribution in [0, 0.1) is 6.92 Å². The standard InChI is InChI=1S/C19H27N3O3/c1-13-7-8-14(16(11-13)25-10-9-24-6)20-18(23)15-12-17(19(2,3)4)21-22(15)5/h7-8,11-12H,9-10H2,1-6H3,(H,20,23). The Morgan fingerprint density at radius 2 is 1.96 bits per heavy atom. The summed E-state index contributed by atoms with van der Waals surface area (Å²) in [5.74, 6) is 0.412. The number of aromatic nitrogens is 2. The maximum Gasteiger partial charge on any atom is 0.274 e. The average Bonchev–Trinajstić information content (AvgIpc) is 2.92. The van der Waals surface area contributed by atoms with Crippen molar-refractivity contribution in [2.45, 2.75) is 33.1 Å². The maximum atomic E-state index is 12.7. The van der Waals surface area contributed by atoms with Crippen LogP contribution in [0.5, 0.6) is 5.75 Å². The van der Waals surface area contributed by atoms with E-state index in [0.717, 1.165) is 11.3 Å². The summed E-state index contributed by atoms with van der Waals surface area (Å²) in [5.41, 5.74) is 2.95. The van der Waals surface area contributed by atoms with Crippen LogP contribution in [0.25, 0.3) is 0 Å². The highest BCUT2D eigenvalue weighted by atomic mass is 16.5. The molecule has 136 valence electrons. The lowest BCUT2D eigenvalue weighted by molar-refractivity contribution is 0.101. The molecule has 0 radical (unpaired) electrons. The van der Waals surface area contributed by atoms with E-state index in [1.165, 1.54) is 0 Å². The number of ether oxygens (including phenoxy) is 2. The van der Waals surface area contributed by atoms with Gasteiger partial charge in [0.05, 0.1) is 18.0 Å². The van der Waals surface area contributed by atoms with Gasteiger partial charge >= 0.3 is 0 Å². The zero-order valence-corrected chi connectivity index (χ0v) is 15.8. The van der Waals surface area contributed by atoms with Crippen LogP contribution in [0.15, 0.2) is 24.3 Å². The van der Waals surface area contributed by atoms with Crippen molar-refractivity contribution in [1.29, 1.82) is 0 Å². The van der Waals surface area contributed by atoms with Gasteiger partial charge in [0.15, 0.2) is 0 Å². The van der Waals surface area contributed by atoms with Crippen LogP contribution in [0.3, 0.4) is 0 Å². The first kappa shape index (κ1) is 19.0. The fraction of sp³-hybridized carbons (Fsp3) is 0.474. The molecule has 0 aliphatic carbocycles. The molecular weight excluding hydrogens is 318 g/mol. The van der Waals surface area contributed by atoms with Gasteiger partial charge in [-0.2, -0.15) is 5.10 Å². The van der Waals surface area contributed by atoms with Gasteiger partial charge in [-0.15, -0.1) is 0 Å². The lowest BCUT2D eigenvalue weighted by atomic mass is 9.92. The first-order chi connectivity index (χ1) is 11.7. The number of anilines is 1. The van der Waals surface area contributed by atoms with Gasteiger partial charge in [0, 0.05) is 19.6 Å². The fourth-order valence-corrected chi connectivity index (χ4v) is 2.32. The Bertz CT molecular complexity index is 745. The first-order valence-corrected chi connectivity index (χ1v) is 8.30. The zero-order chi connectivity index (χ0) is 18.6. The Morgan fingerprint density at radius 1 is 1.24 bits per heavy atom. The zero-order valence-electron chi connectivity index (χ0n) is 15.8. The maximum absolute atomic E-state index is 12.7. The van der Waals surface area contributed by atoms with E-state index in [1.807, 2.05) is 31.2 Å². The number of methoxy groups -OCH3 is 1. The number of rotatable bonds is 6. The minimum absolute atomic E-state index is 0.116. The van der Waals surface area contributed by atoms with Crippen LogP contribution in [-0.4, -0.2) is 36.0 Å². The molecule has 1 heterocycles. The molecule has 6 nitrogen and oxygen atoms in total. The van der Waals surface area contributed by atoms with Crippen molar-refractivity contribution in [2.24, 2.45) is 7.05 Å². The molecule has 1 amide bonds. The number of amides is 1. The van der Waals surface area contributed by atoms with Gasteiger partial charge in [-0.3, -0.25) is 9.48 Å². The molecule has 25 heavy (non-hydrogen) atoms. The number of aryl methyl sites for hydroxylation is 2. The SMILES string of the molecule is COCCOc1cc(C)ccc1NC(=O)c1cc(C(C)(C)C)nn1C. The van der Waals surface area contributed by atoms with Gasteiger partial charge in [-0.05, 0) is 30.7 Å². The van der Waals surface area contributed by atoms with E-state index in [-0.39, 0.29) is 11.3 Å². The van der Waals surface area contributed by atoms with Crippen LogP contribution in [0.4, 0.5) is 5.69 Å². The molecule has 0 bridgehead atoms. The van der Waals surface area contributed by atoms with E-state index in [9.17, 15) is 4.79 Å². The highest BCUT2D eigenvalue weighted by Crippen LogP contribution is 2.27. The number of carbonyl (C=O) groups excluding carboxylic acids is 1. The molecule has 1 aromatic carbocycles. The van der Waals surface area contributed by atoms with E-state index in [4.69, 9.17) is 9.47 Å². The Hall–Kier alpha value is -2.34. The predicted octanol–water partition coefficient (Wildman–Crippen LogP) is 3.30. The number of hydrogen-bond acceptors (Lipinski definition) is 4. The highest BCUT2D eigenvalue weighted by Gasteiger charge is 2.22.